The summed E-state index contributed by atoms with van der Waals surface area (Å²) in [5.41, 5.74) is 3.67. The van der Waals surface area contributed by atoms with E-state index >= 15 is 0 Å². The topological polar surface area (TPSA) is 36.9 Å². The molecule has 1 N–H and O–H groups in total. The quantitative estimate of drug-likeness (QED) is 0.888. The van der Waals surface area contributed by atoms with Crippen molar-refractivity contribution in [3.63, 3.8) is 0 Å². The molecule has 0 amide bonds. The van der Waals surface area contributed by atoms with E-state index in [2.05, 4.69) is 34.5 Å². The molecule has 3 heterocycles. The molecule has 4 nitrogen and oxygen atoms in total. The number of fused-ring (bicyclic) bond motifs is 1. The number of rotatable bonds is 2. The normalized spacial score (nSPS) is 27.2. The summed E-state index contributed by atoms with van der Waals surface area (Å²) in [5, 5.41) is 3.42. The van der Waals surface area contributed by atoms with Crippen molar-refractivity contribution in [3.05, 3.63) is 71.0 Å². The molecule has 0 bridgehead atoms. The van der Waals surface area contributed by atoms with Gasteiger partial charge in [0.15, 0.2) is 0 Å². The molecule has 5 heteroatoms. The molecule has 2 aromatic rings. The zero-order chi connectivity index (χ0) is 18.2. The Morgan fingerprint density at radius 3 is 2.78 bits per heavy atom. The van der Waals surface area contributed by atoms with Gasteiger partial charge in [0.1, 0.15) is 11.9 Å². The molecule has 0 unspecified atom stereocenters. The van der Waals surface area contributed by atoms with Gasteiger partial charge in [-0.15, -0.1) is 0 Å². The maximum Gasteiger partial charge on any atom is 0.288 e. The third kappa shape index (κ3) is 3.10. The first-order valence-corrected chi connectivity index (χ1v) is 9.81. The van der Waals surface area contributed by atoms with Gasteiger partial charge in [0.2, 0.25) is 0 Å². The van der Waals surface area contributed by atoms with Crippen LogP contribution in [0.15, 0.2) is 53.5 Å². The number of benzene rings is 2. The van der Waals surface area contributed by atoms with E-state index in [4.69, 9.17) is 9.73 Å². The van der Waals surface area contributed by atoms with Crippen LogP contribution in [0.4, 0.5) is 4.39 Å². The van der Waals surface area contributed by atoms with Crippen LogP contribution in [0, 0.1) is 11.7 Å². The number of hydrogen-bond donors (Lipinski definition) is 1. The molecule has 5 rings (SSSR count). The Labute approximate surface area is 159 Å². The van der Waals surface area contributed by atoms with Gasteiger partial charge in [-0.2, -0.15) is 0 Å². The van der Waals surface area contributed by atoms with Gasteiger partial charge >= 0.3 is 0 Å². The molecule has 0 spiro atoms. The van der Waals surface area contributed by atoms with Gasteiger partial charge in [-0.3, -0.25) is 0 Å². The zero-order valence-corrected chi connectivity index (χ0v) is 15.3. The van der Waals surface area contributed by atoms with E-state index in [1.807, 2.05) is 12.1 Å². The van der Waals surface area contributed by atoms with Crippen LogP contribution in [0.1, 0.15) is 29.2 Å². The van der Waals surface area contributed by atoms with E-state index in [1.54, 1.807) is 0 Å². The minimum atomic E-state index is -0.211. The van der Waals surface area contributed by atoms with Gasteiger partial charge in [0.05, 0.1) is 12.6 Å². The van der Waals surface area contributed by atoms with Crippen LogP contribution in [0.2, 0.25) is 0 Å². The summed E-state index contributed by atoms with van der Waals surface area (Å²) in [6.07, 6.45) is 2.28. The fourth-order valence-electron chi connectivity index (χ4n) is 4.55. The van der Waals surface area contributed by atoms with Crippen molar-refractivity contribution >= 4 is 6.02 Å². The summed E-state index contributed by atoms with van der Waals surface area (Å²) in [6, 6.07) is 16.1. The lowest BCUT2D eigenvalue weighted by molar-refractivity contribution is 0.126. The lowest BCUT2D eigenvalue weighted by atomic mass is 9.88. The molecule has 2 aromatic carbocycles. The molecule has 0 aromatic heterocycles. The van der Waals surface area contributed by atoms with Crippen molar-refractivity contribution in [1.29, 1.82) is 0 Å². The van der Waals surface area contributed by atoms with E-state index in [9.17, 15) is 4.39 Å². The van der Waals surface area contributed by atoms with E-state index in [0.717, 1.165) is 50.6 Å². The molecule has 3 atom stereocenters. The Kier molecular flexibility index (Phi) is 4.32. The molecular weight excluding hydrogens is 341 g/mol. The predicted octanol–water partition coefficient (Wildman–Crippen LogP) is 3.14. The number of aliphatic imine (C=N–C) groups is 1. The fraction of sp³-hybridized carbons (Fsp3) is 0.409. The monoisotopic (exact) mass is 365 g/mol. The average Bonchev–Trinajstić information content (AvgIpc) is 3.39. The summed E-state index contributed by atoms with van der Waals surface area (Å²) >= 11 is 0. The number of hydrogen-bond acceptors (Lipinski definition) is 4. The molecule has 140 valence electrons. The first-order valence-electron chi connectivity index (χ1n) is 9.81. The van der Waals surface area contributed by atoms with Gasteiger partial charge in [-0.25, -0.2) is 9.38 Å². The minimum Gasteiger partial charge on any atom is -0.460 e. The van der Waals surface area contributed by atoms with Crippen molar-refractivity contribution in [3.8, 4) is 0 Å². The number of nitrogens with zero attached hydrogens (tertiary/aromatic N) is 2. The fourth-order valence-corrected chi connectivity index (χ4v) is 4.55. The summed E-state index contributed by atoms with van der Waals surface area (Å²) < 4.78 is 19.8. The van der Waals surface area contributed by atoms with E-state index in [0.29, 0.717) is 5.92 Å². The highest BCUT2D eigenvalue weighted by Crippen LogP contribution is 2.37. The Hall–Kier alpha value is -2.40. The minimum absolute atomic E-state index is 0.00903. The molecular formula is C22H24FN3O. The van der Waals surface area contributed by atoms with Crippen molar-refractivity contribution in [2.75, 3.05) is 26.2 Å². The van der Waals surface area contributed by atoms with E-state index in [-0.39, 0.29) is 18.0 Å². The Morgan fingerprint density at radius 1 is 1.11 bits per heavy atom. The maximum atomic E-state index is 13.5. The van der Waals surface area contributed by atoms with Crippen LogP contribution in [0.3, 0.4) is 0 Å². The number of nitrogens with one attached hydrogen (secondary N) is 1. The van der Waals surface area contributed by atoms with Gasteiger partial charge in [-0.1, -0.05) is 36.4 Å². The second-order valence-corrected chi connectivity index (χ2v) is 7.63. The van der Waals surface area contributed by atoms with Crippen molar-refractivity contribution < 1.29 is 9.13 Å². The summed E-state index contributed by atoms with van der Waals surface area (Å²) in [7, 11) is 0. The summed E-state index contributed by atoms with van der Waals surface area (Å²) in [4.78, 5) is 7.03. The average molecular weight is 365 g/mol. The van der Waals surface area contributed by atoms with Crippen LogP contribution in [-0.2, 0) is 11.2 Å². The van der Waals surface area contributed by atoms with Gasteiger partial charge in [0, 0.05) is 19.0 Å². The highest BCUT2D eigenvalue weighted by atomic mass is 19.1. The van der Waals surface area contributed by atoms with Gasteiger partial charge < -0.3 is 15.0 Å². The number of amidine groups is 1. The molecule has 3 aliphatic heterocycles. The summed E-state index contributed by atoms with van der Waals surface area (Å²) in [6.45, 7) is 3.66. The lowest BCUT2D eigenvalue weighted by Crippen LogP contribution is -2.42. The van der Waals surface area contributed by atoms with Crippen molar-refractivity contribution in [2.24, 2.45) is 10.9 Å². The largest absolute Gasteiger partial charge is 0.460 e. The SMILES string of the molecule is Fc1ccc([C@H]2c3ccccc3CCN2C2=NC[C@@H]([C@@H]3CCNC3)O2)cc1. The van der Waals surface area contributed by atoms with E-state index in [1.165, 1.54) is 23.3 Å². The molecule has 1 saturated heterocycles. The molecule has 0 aliphatic carbocycles. The second-order valence-electron chi connectivity index (χ2n) is 7.63. The van der Waals surface area contributed by atoms with Crippen LogP contribution in [-0.4, -0.2) is 43.2 Å². The van der Waals surface area contributed by atoms with E-state index < -0.39 is 0 Å². The predicted molar refractivity (Wildman–Crippen MR) is 103 cm³/mol. The number of ether oxygens (including phenoxy) is 1. The van der Waals surface area contributed by atoms with Crippen molar-refractivity contribution in [1.82, 2.24) is 10.2 Å². The third-order valence-electron chi connectivity index (χ3n) is 6.00. The second kappa shape index (κ2) is 6.97. The third-order valence-corrected chi connectivity index (χ3v) is 6.00. The molecule has 3 aliphatic rings. The summed E-state index contributed by atoms with van der Waals surface area (Å²) in [5.74, 6) is 0.324. The lowest BCUT2D eigenvalue weighted by Gasteiger charge is -2.38. The highest BCUT2D eigenvalue weighted by Gasteiger charge is 2.37. The van der Waals surface area contributed by atoms with Gasteiger partial charge in [0.25, 0.3) is 6.02 Å². The molecule has 27 heavy (non-hydrogen) atoms. The van der Waals surface area contributed by atoms with Gasteiger partial charge in [-0.05, 0) is 48.2 Å². The van der Waals surface area contributed by atoms with Crippen LogP contribution < -0.4 is 5.32 Å². The molecule has 1 fully saturated rings. The smallest absolute Gasteiger partial charge is 0.288 e. The van der Waals surface area contributed by atoms with Crippen LogP contribution >= 0.6 is 0 Å². The van der Waals surface area contributed by atoms with Crippen LogP contribution in [0.5, 0.6) is 0 Å². The molecule has 0 radical (unpaired) electrons. The zero-order valence-electron chi connectivity index (χ0n) is 15.3. The van der Waals surface area contributed by atoms with Crippen LogP contribution in [0.25, 0.3) is 0 Å². The highest BCUT2D eigenvalue weighted by molar-refractivity contribution is 5.77. The Morgan fingerprint density at radius 2 is 1.96 bits per heavy atom. The number of halogens is 1. The first kappa shape index (κ1) is 16.8. The maximum absolute atomic E-state index is 13.5. The first-order chi connectivity index (χ1) is 13.3. The van der Waals surface area contributed by atoms with Crippen molar-refractivity contribution in [2.45, 2.75) is 25.0 Å². The standard InChI is InChI=1S/C22H24FN3O/c23-18-7-5-16(6-8-18)21-19-4-2-1-3-15(19)10-12-26(21)22-25-14-20(27-22)17-9-11-24-13-17/h1-8,17,20-21,24H,9-14H2/t17-,20+,21+/m1/s1. The molecule has 0 saturated carbocycles. The Balaban J connectivity index is 1.47. The Bertz CT molecular complexity index is 845.